The van der Waals surface area contributed by atoms with Crippen LogP contribution in [0.1, 0.15) is 65.5 Å². The van der Waals surface area contributed by atoms with Crippen molar-refractivity contribution in [1.82, 2.24) is 5.32 Å². The van der Waals surface area contributed by atoms with E-state index in [0.717, 1.165) is 0 Å². The van der Waals surface area contributed by atoms with Crippen LogP contribution in [0.15, 0.2) is 36.4 Å². The molecule has 0 unspecified atom stereocenters. The SMILES string of the molecule is CCOc1cc(F)ccc1C(c1ccc(F)cc1OCC)[C@H](C)OC(=O)[C@H](C)NC(=O)OC(C)(C)C. The van der Waals surface area contributed by atoms with E-state index >= 15 is 0 Å². The second-order valence-corrected chi connectivity index (χ2v) is 9.22. The lowest BCUT2D eigenvalue weighted by molar-refractivity contribution is -0.151. The predicted octanol–water partition coefficient (Wildman–Crippen LogP) is 5.74. The summed E-state index contributed by atoms with van der Waals surface area (Å²) in [6, 6.07) is 7.11. The predicted molar refractivity (Wildman–Crippen MR) is 131 cm³/mol. The van der Waals surface area contributed by atoms with Crippen molar-refractivity contribution in [3.8, 4) is 11.5 Å². The zero-order valence-corrected chi connectivity index (χ0v) is 21.8. The maximum atomic E-state index is 14.1. The summed E-state index contributed by atoms with van der Waals surface area (Å²) in [6.07, 6.45) is -1.60. The van der Waals surface area contributed by atoms with Gasteiger partial charge < -0.3 is 24.3 Å². The number of hydrogen-bond donors (Lipinski definition) is 1. The first kappa shape index (κ1) is 28.9. The third-order valence-electron chi connectivity index (χ3n) is 5.08. The minimum absolute atomic E-state index is 0.261. The van der Waals surface area contributed by atoms with Crippen LogP contribution in [0.3, 0.4) is 0 Å². The lowest BCUT2D eigenvalue weighted by atomic mass is 9.85. The number of rotatable bonds is 10. The van der Waals surface area contributed by atoms with Crippen LogP contribution in [0.4, 0.5) is 13.6 Å². The number of carbonyl (C=O) groups is 2. The molecule has 0 aromatic heterocycles. The Morgan fingerprint density at radius 2 is 1.36 bits per heavy atom. The van der Waals surface area contributed by atoms with Crippen LogP contribution in [-0.2, 0) is 14.3 Å². The van der Waals surface area contributed by atoms with Crippen LogP contribution in [-0.4, -0.2) is 43.0 Å². The first-order valence-corrected chi connectivity index (χ1v) is 11.9. The number of esters is 1. The summed E-state index contributed by atoms with van der Waals surface area (Å²) in [5, 5.41) is 2.45. The smallest absolute Gasteiger partial charge is 0.408 e. The van der Waals surface area contributed by atoms with Crippen LogP contribution in [0.25, 0.3) is 0 Å². The van der Waals surface area contributed by atoms with Crippen molar-refractivity contribution in [3.63, 3.8) is 0 Å². The van der Waals surface area contributed by atoms with Crippen LogP contribution in [0.5, 0.6) is 11.5 Å². The summed E-state index contributed by atoms with van der Waals surface area (Å²) >= 11 is 0. The zero-order chi connectivity index (χ0) is 27.0. The van der Waals surface area contributed by atoms with Crippen molar-refractivity contribution in [3.05, 3.63) is 59.2 Å². The van der Waals surface area contributed by atoms with Crippen molar-refractivity contribution < 1.29 is 37.3 Å². The highest BCUT2D eigenvalue weighted by molar-refractivity contribution is 5.81. The molecule has 36 heavy (non-hydrogen) atoms. The molecule has 0 aliphatic carbocycles. The third-order valence-corrected chi connectivity index (χ3v) is 5.08. The highest BCUT2D eigenvalue weighted by Gasteiger charge is 2.32. The van der Waals surface area contributed by atoms with Gasteiger partial charge >= 0.3 is 12.1 Å². The van der Waals surface area contributed by atoms with Crippen LogP contribution in [0.2, 0.25) is 0 Å². The maximum absolute atomic E-state index is 14.1. The first-order chi connectivity index (χ1) is 16.9. The molecule has 0 bridgehead atoms. The van der Waals surface area contributed by atoms with E-state index in [1.807, 2.05) is 0 Å². The van der Waals surface area contributed by atoms with Crippen molar-refractivity contribution in [2.45, 2.75) is 72.1 Å². The topological polar surface area (TPSA) is 83.1 Å². The Bertz CT molecular complexity index is 998. The van der Waals surface area contributed by atoms with Gasteiger partial charge in [0, 0.05) is 23.3 Å². The molecule has 0 aliphatic rings. The summed E-state index contributed by atoms with van der Waals surface area (Å²) in [6.45, 7) is 12.3. The average Bonchev–Trinajstić information content (AvgIpc) is 2.75. The van der Waals surface area contributed by atoms with Crippen LogP contribution >= 0.6 is 0 Å². The summed E-state index contributed by atoms with van der Waals surface area (Å²) in [5.41, 5.74) is 0.320. The summed E-state index contributed by atoms with van der Waals surface area (Å²) < 4.78 is 50.4. The van der Waals surface area contributed by atoms with E-state index in [2.05, 4.69) is 5.32 Å². The van der Waals surface area contributed by atoms with Gasteiger partial charge in [-0.05, 0) is 60.6 Å². The number of nitrogens with one attached hydrogen (secondary N) is 1. The lowest BCUT2D eigenvalue weighted by Crippen LogP contribution is -2.43. The van der Waals surface area contributed by atoms with Gasteiger partial charge in [0.05, 0.1) is 19.1 Å². The molecule has 0 aliphatic heterocycles. The molecule has 2 aromatic carbocycles. The number of halogens is 2. The van der Waals surface area contributed by atoms with Crippen LogP contribution in [0, 0.1) is 11.6 Å². The van der Waals surface area contributed by atoms with Gasteiger partial charge in [-0.3, -0.25) is 0 Å². The van der Waals surface area contributed by atoms with E-state index in [1.54, 1.807) is 41.5 Å². The van der Waals surface area contributed by atoms with Crippen LogP contribution < -0.4 is 14.8 Å². The lowest BCUT2D eigenvalue weighted by Gasteiger charge is -2.29. The van der Waals surface area contributed by atoms with Crippen molar-refractivity contribution in [2.75, 3.05) is 13.2 Å². The Kier molecular flexibility index (Phi) is 10.1. The standard InChI is InChI=1S/C27H35F2NO6/c1-8-33-22-14-18(28)10-12-20(22)24(21-13-11-19(29)15-23(21)34-9-2)17(4)35-25(31)16(3)30-26(32)36-27(5,6)7/h10-17,24H,8-9H2,1-7H3,(H,30,32)/t16-,17-/m0/s1. The van der Waals surface area contributed by atoms with Crippen molar-refractivity contribution >= 4 is 12.1 Å². The molecular weight excluding hydrogens is 472 g/mol. The quantitative estimate of drug-likeness (QED) is 0.413. The molecule has 0 saturated carbocycles. The number of alkyl carbamates (subject to hydrolysis) is 1. The largest absolute Gasteiger partial charge is 0.493 e. The minimum atomic E-state index is -1.01. The highest BCUT2D eigenvalue weighted by Crippen LogP contribution is 2.40. The van der Waals surface area contributed by atoms with E-state index < -0.39 is 47.4 Å². The Hall–Kier alpha value is -3.36. The third kappa shape index (κ3) is 8.10. The number of benzene rings is 2. The van der Waals surface area contributed by atoms with E-state index in [-0.39, 0.29) is 24.7 Å². The summed E-state index contributed by atoms with van der Waals surface area (Å²) in [7, 11) is 0. The Morgan fingerprint density at radius 3 is 1.78 bits per heavy atom. The number of amides is 1. The normalized spacial score (nSPS) is 13.1. The van der Waals surface area contributed by atoms with Gasteiger partial charge in [-0.2, -0.15) is 0 Å². The molecule has 9 heteroatoms. The molecule has 0 spiro atoms. The Morgan fingerprint density at radius 1 is 0.889 bits per heavy atom. The van der Waals surface area contributed by atoms with E-state index in [0.29, 0.717) is 11.1 Å². The molecule has 198 valence electrons. The highest BCUT2D eigenvalue weighted by atomic mass is 19.1. The van der Waals surface area contributed by atoms with E-state index in [1.165, 1.54) is 43.3 Å². The van der Waals surface area contributed by atoms with Gasteiger partial charge in [0.1, 0.15) is 40.9 Å². The Labute approximate surface area is 211 Å². The van der Waals surface area contributed by atoms with Crippen molar-refractivity contribution in [2.24, 2.45) is 0 Å². The molecule has 1 amide bonds. The van der Waals surface area contributed by atoms with E-state index in [9.17, 15) is 18.4 Å². The average molecular weight is 508 g/mol. The molecule has 0 heterocycles. The number of ether oxygens (including phenoxy) is 4. The van der Waals surface area contributed by atoms with Gasteiger partial charge in [0.2, 0.25) is 0 Å². The second kappa shape index (κ2) is 12.6. The molecule has 7 nitrogen and oxygen atoms in total. The van der Waals surface area contributed by atoms with Gasteiger partial charge in [-0.25, -0.2) is 18.4 Å². The molecular formula is C27H35F2NO6. The molecule has 0 radical (unpaired) electrons. The fraction of sp³-hybridized carbons (Fsp3) is 0.481. The fourth-order valence-electron chi connectivity index (χ4n) is 3.66. The summed E-state index contributed by atoms with van der Waals surface area (Å²) in [4.78, 5) is 25.0. The number of hydrogen-bond acceptors (Lipinski definition) is 6. The molecule has 1 N–H and O–H groups in total. The van der Waals surface area contributed by atoms with Gasteiger partial charge in [0.15, 0.2) is 0 Å². The number of carbonyl (C=O) groups excluding carboxylic acids is 2. The molecule has 2 aromatic rings. The van der Waals surface area contributed by atoms with E-state index in [4.69, 9.17) is 18.9 Å². The van der Waals surface area contributed by atoms with Gasteiger partial charge in [-0.1, -0.05) is 12.1 Å². The van der Waals surface area contributed by atoms with Gasteiger partial charge in [-0.15, -0.1) is 0 Å². The molecule has 0 fully saturated rings. The molecule has 0 saturated heterocycles. The second-order valence-electron chi connectivity index (χ2n) is 9.22. The maximum Gasteiger partial charge on any atom is 0.408 e. The molecule has 2 atom stereocenters. The van der Waals surface area contributed by atoms with Gasteiger partial charge in [0.25, 0.3) is 0 Å². The minimum Gasteiger partial charge on any atom is -0.493 e. The monoisotopic (exact) mass is 507 g/mol. The fourth-order valence-corrected chi connectivity index (χ4v) is 3.66. The zero-order valence-electron chi connectivity index (χ0n) is 21.8. The Balaban J connectivity index is 2.44. The first-order valence-electron chi connectivity index (χ1n) is 11.9. The molecule has 2 rings (SSSR count). The summed E-state index contributed by atoms with van der Waals surface area (Å²) in [5.74, 6) is -1.88. The van der Waals surface area contributed by atoms with Crippen molar-refractivity contribution in [1.29, 1.82) is 0 Å².